The molecule has 0 aliphatic carbocycles. The summed E-state index contributed by atoms with van der Waals surface area (Å²) < 4.78 is 60.3. The molecule has 0 unspecified atom stereocenters. The summed E-state index contributed by atoms with van der Waals surface area (Å²) in [6.07, 6.45) is 0. The summed E-state index contributed by atoms with van der Waals surface area (Å²) in [5.41, 5.74) is -5.76. The predicted molar refractivity (Wildman–Crippen MR) is 21.8 cm³/mol. The Balaban J connectivity index is 0. The maximum absolute atomic E-state index is 10.7. The molecule has 0 spiro atoms. The summed E-state index contributed by atoms with van der Waals surface area (Å²) in [4.78, 5) is 0. The van der Waals surface area contributed by atoms with E-state index in [9.17, 15) is 17.1 Å². The molecule has 0 aliphatic heterocycles. The predicted octanol–water partition coefficient (Wildman–Crippen LogP) is 0.425. The van der Waals surface area contributed by atoms with E-state index in [-0.39, 0.29) is 18.9 Å². The Morgan fingerprint density at radius 1 is 1.11 bits per heavy atom. The van der Waals surface area contributed by atoms with Crippen LogP contribution in [0.25, 0.3) is 0 Å². The fraction of sp³-hybridized carbons (Fsp3) is 1.00. The molecule has 0 aromatic heterocycles. The molecule has 0 bridgehead atoms. The van der Waals surface area contributed by atoms with Gasteiger partial charge in [0.25, 0.3) is 0 Å². The second-order valence-electron chi connectivity index (χ2n) is 0.884. The van der Waals surface area contributed by atoms with Crippen molar-refractivity contribution in [2.45, 2.75) is 5.51 Å². The van der Waals surface area contributed by atoms with Crippen LogP contribution in [-0.2, 0) is 10.2 Å². The van der Waals surface area contributed by atoms with Crippen LogP contribution in [0.2, 0.25) is 0 Å². The Bertz CT molecular complexity index is 167. The van der Waals surface area contributed by atoms with E-state index in [1.54, 1.807) is 0 Å². The third kappa shape index (κ3) is 3.78. The molecule has 0 aromatic carbocycles. The minimum Gasteiger partial charge on any atom is -0.185 e. The molecular formula is CF4LiO2S. The van der Waals surface area contributed by atoms with Gasteiger partial charge in [-0.3, -0.25) is 0 Å². The molecule has 1 radical (unpaired) electrons. The smallest absolute Gasteiger partial charge is 0.185 e. The zero-order valence-electron chi connectivity index (χ0n) is 4.24. The van der Waals surface area contributed by atoms with Gasteiger partial charge in [0.1, 0.15) is 0 Å². The summed E-state index contributed by atoms with van der Waals surface area (Å²) in [7, 11) is -6.34. The van der Waals surface area contributed by atoms with Gasteiger partial charge in [-0.1, -0.05) is 3.89 Å². The van der Waals surface area contributed by atoms with Gasteiger partial charge in [-0.2, -0.15) is 21.6 Å². The topological polar surface area (TPSA) is 34.1 Å². The molecule has 51 valence electrons. The van der Waals surface area contributed by atoms with Crippen molar-refractivity contribution in [3.63, 3.8) is 0 Å². The zero-order valence-corrected chi connectivity index (χ0v) is 5.05. The molecule has 0 rings (SSSR count). The number of halogens is 4. The largest absolute Gasteiger partial charge is 0.527 e. The van der Waals surface area contributed by atoms with Crippen molar-refractivity contribution in [3.8, 4) is 0 Å². The van der Waals surface area contributed by atoms with Gasteiger partial charge >= 0.3 is 15.7 Å². The van der Waals surface area contributed by atoms with Crippen LogP contribution in [0.3, 0.4) is 0 Å². The van der Waals surface area contributed by atoms with Gasteiger partial charge in [0.05, 0.1) is 0 Å². The van der Waals surface area contributed by atoms with Crippen LogP contribution >= 0.6 is 0 Å². The Hall–Kier alpha value is 0.267. The first-order chi connectivity index (χ1) is 3.25. The number of hydrogen-bond acceptors (Lipinski definition) is 2. The molecule has 0 aromatic rings. The van der Waals surface area contributed by atoms with Crippen molar-refractivity contribution in [2.75, 3.05) is 0 Å². The third-order valence-electron chi connectivity index (χ3n) is 0.276. The van der Waals surface area contributed by atoms with Gasteiger partial charge < -0.3 is 0 Å². The van der Waals surface area contributed by atoms with Crippen molar-refractivity contribution in [3.05, 3.63) is 0 Å². The Morgan fingerprint density at radius 3 is 1.22 bits per heavy atom. The standard InChI is InChI=1S/CF4O2S.Li/c2-1(3,4)8(5,6)7;. The van der Waals surface area contributed by atoms with E-state index in [0.717, 1.165) is 0 Å². The molecule has 0 amide bonds. The first-order valence-electron chi connectivity index (χ1n) is 1.26. The fourth-order valence-corrected chi connectivity index (χ4v) is 0. The van der Waals surface area contributed by atoms with E-state index < -0.39 is 15.7 Å². The van der Waals surface area contributed by atoms with Crippen LogP contribution in [0.5, 0.6) is 0 Å². The van der Waals surface area contributed by atoms with Crippen molar-refractivity contribution >= 4 is 29.1 Å². The van der Waals surface area contributed by atoms with Gasteiger partial charge in [-0.15, -0.1) is 0 Å². The summed E-state index contributed by atoms with van der Waals surface area (Å²) >= 11 is 0. The molecular weight excluding hydrogens is 159 g/mol. The van der Waals surface area contributed by atoms with E-state index in [1.807, 2.05) is 0 Å². The van der Waals surface area contributed by atoms with Crippen LogP contribution in [0.4, 0.5) is 17.1 Å². The number of alkyl halides is 3. The first kappa shape index (κ1) is 12.0. The van der Waals surface area contributed by atoms with E-state index in [4.69, 9.17) is 8.42 Å². The Labute approximate surface area is 60.6 Å². The molecule has 0 saturated heterocycles. The monoisotopic (exact) mass is 159 g/mol. The van der Waals surface area contributed by atoms with Crippen LogP contribution in [0, 0.1) is 0 Å². The molecule has 2 nitrogen and oxygen atoms in total. The average Bonchev–Trinajstić information content (AvgIpc) is 1.25. The summed E-state index contributed by atoms with van der Waals surface area (Å²) in [6, 6.07) is 0. The number of rotatable bonds is 0. The average molecular weight is 159 g/mol. The molecule has 8 heteroatoms. The first-order valence-corrected chi connectivity index (χ1v) is 2.64. The van der Waals surface area contributed by atoms with Crippen LogP contribution in [0.15, 0.2) is 0 Å². The molecule has 0 aliphatic rings. The summed E-state index contributed by atoms with van der Waals surface area (Å²) in [5, 5.41) is 0. The normalized spacial score (nSPS) is 12.4. The molecule has 0 N–H and O–H groups in total. The van der Waals surface area contributed by atoms with Gasteiger partial charge in [-0.25, -0.2) is 0 Å². The maximum atomic E-state index is 10.7. The van der Waals surface area contributed by atoms with Crippen molar-refractivity contribution in [1.29, 1.82) is 0 Å². The van der Waals surface area contributed by atoms with E-state index in [1.165, 1.54) is 0 Å². The van der Waals surface area contributed by atoms with Gasteiger partial charge in [0.15, 0.2) is 0 Å². The molecule has 0 saturated carbocycles. The SMILES string of the molecule is O=S(=O)(F)C(F)(F)F.[Li]. The van der Waals surface area contributed by atoms with Crippen molar-refractivity contribution in [2.24, 2.45) is 0 Å². The third-order valence-corrected chi connectivity index (χ3v) is 0.829. The van der Waals surface area contributed by atoms with E-state index >= 15 is 0 Å². The number of hydrogen-bond donors (Lipinski definition) is 0. The molecule has 0 fully saturated rings. The van der Waals surface area contributed by atoms with Crippen LogP contribution in [-0.4, -0.2) is 32.8 Å². The van der Waals surface area contributed by atoms with Crippen LogP contribution in [0.1, 0.15) is 0 Å². The van der Waals surface area contributed by atoms with Gasteiger partial charge in [0.2, 0.25) is 0 Å². The minimum atomic E-state index is -6.34. The van der Waals surface area contributed by atoms with Gasteiger partial charge in [0, 0.05) is 18.9 Å². The summed E-state index contributed by atoms with van der Waals surface area (Å²) in [5.74, 6) is 0. The zero-order chi connectivity index (χ0) is 7.00. The minimum absolute atomic E-state index is 0. The van der Waals surface area contributed by atoms with Crippen LogP contribution < -0.4 is 0 Å². The molecule has 0 heterocycles. The Morgan fingerprint density at radius 2 is 1.22 bits per heavy atom. The summed E-state index contributed by atoms with van der Waals surface area (Å²) in [6.45, 7) is 0. The van der Waals surface area contributed by atoms with Crippen molar-refractivity contribution < 1.29 is 25.5 Å². The molecule has 0 atom stereocenters. The van der Waals surface area contributed by atoms with E-state index in [2.05, 4.69) is 0 Å². The molecule has 9 heavy (non-hydrogen) atoms. The second kappa shape index (κ2) is 2.90. The maximum Gasteiger partial charge on any atom is 0.527 e. The second-order valence-corrected chi connectivity index (χ2v) is 2.22. The fourth-order valence-electron chi connectivity index (χ4n) is 0. The quantitative estimate of drug-likeness (QED) is 0.291. The van der Waals surface area contributed by atoms with Gasteiger partial charge in [-0.05, 0) is 0 Å². The van der Waals surface area contributed by atoms with E-state index in [0.29, 0.717) is 0 Å². The Kier molecular flexibility index (Phi) is 3.87. The van der Waals surface area contributed by atoms with Crippen molar-refractivity contribution in [1.82, 2.24) is 0 Å².